The molecule has 0 saturated heterocycles. The number of halogens is 3. The van der Waals surface area contributed by atoms with Gasteiger partial charge in [-0.2, -0.15) is 17.5 Å². The van der Waals surface area contributed by atoms with Crippen LogP contribution >= 0.6 is 21.6 Å². The minimum atomic E-state index is -5.08. The Balaban J connectivity index is 0.00000126. The van der Waals surface area contributed by atoms with Crippen LogP contribution in [0, 0.1) is 0 Å². The van der Waals surface area contributed by atoms with Crippen molar-refractivity contribution < 1.29 is 46.2 Å². The lowest BCUT2D eigenvalue weighted by atomic mass is 10.2. The third kappa shape index (κ3) is 12.2. The third-order valence-electron chi connectivity index (χ3n) is 3.66. The Morgan fingerprint density at radius 3 is 1.91 bits per heavy atom. The minimum absolute atomic E-state index is 0.118. The van der Waals surface area contributed by atoms with Crippen LogP contribution in [-0.4, -0.2) is 78.1 Å². The number of carboxylic acids is 2. The van der Waals surface area contributed by atoms with Crippen molar-refractivity contribution in [1.82, 2.24) is 9.62 Å². The van der Waals surface area contributed by atoms with E-state index in [4.69, 9.17) is 15.0 Å². The molecule has 188 valence electrons. The summed E-state index contributed by atoms with van der Waals surface area (Å²) < 4.78 is 57.9. The van der Waals surface area contributed by atoms with Crippen LogP contribution in [0.5, 0.6) is 0 Å². The molecule has 0 saturated carbocycles. The van der Waals surface area contributed by atoms with Crippen LogP contribution in [0.25, 0.3) is 0 Å². The monoisotopic (exact) mass is 534 g/mol. The smallest absolute Gasteiger partial charge is 0.481 e. The van der Waals surface area contributed by atoms with Gasteiger partial charge in [0.15, 0.2) is 0 Å². The maximum Gasteiger partial charge on any atom is 0.490 e. The second-order valence-electron chi connectivity index (χ2n) is 5.96. The van der Waals surface area contributed by atoms with Gasteiger partial charge in [-0.3, -0.25) is 9.59 Å². The van der Waals surface area contributed by atoms with Crippen LogP contribution in [0.15, 0.2) is 29.2 Å². The molecule has 1 aromatic carbocycles. The van der Waals surface area contributed by atoms with Crippen LogP contribution in [-0.2, 0) is 19.6 Å². The Kier molecular flexibility index (Phi) is 14.1. The van der Waals surface area contributed by atoms with E-state index in [0.29, 0.717) is 36.7 Å². The van der Waals surface area contributed by atoms with E-state index < -0.39 is 28.1 Å². The van der Waals surface area contributed by atoms with Crippen LogP contribution in [0.3, 0.4) is 0 Å². The molecule has 0 spiro atoms. The number of aliphatic carboxylic acids is 2. The van der Waals surface area contributed by atoms with Gasteiger partial charge in [-0.1, -0.05) is 35.4 Å². The fraction of sp³-hybridized carbons (Fsp3) is 0.500. The molecule has 15 heteroatoms. The number of hydrogen-bond acceptors (Lipinski definition) is 7. The van der Waals surface area contributed by atoms with E-state index in [-0.39, 0.29) is 17.2 Å². The first-order valence-corrected chi connectivity index (χ1v) is 13.3. The molecular formula is C18H25F3N2O7S3. The van der Waals surface area contributed by atoms with Crippen molar-refractivity contribution in [2.75, 3.05) is 31.1 Å². The molecule has 0 aliphatic rings. The predicted octanol–water partition coefficient (Wildman–Crippen LogP) is 2.94. The number of alkyl halides is 3. The Morgan fingerprint density at radius 1 is 1.00 bits per heavy atom. The van der Waals surface area contributed by atoms with Crippen LogP contribution in [0.1, 0.15) is 30.6 Å². The highest BCUT2D eigenvalue weighted by Crippen LogP contribution is 2.21. The number of carbonyl (C=O) groups excluding carboxylic acids is 1. The number of sulfonamides is 1. The minimum Gasteiger partial charge on any atom is -0.481 e. The molecule has 33 heavy (non-hydrogen) atoms. The van der Waals surface area contributed by atoms with E-state index in [1.165, 1.54) is 50.2 Å². The predicted molar refractivity (Wildman–Crippen MR) is 120 cm³/mol. The number of nitrogens with one attached hydrogen (secondary N) is 1. The molecule has 1 rings (SSSR count). The van der Waals surface area contributed by atoms with Crippen molar-refractivity contribution in [3.8, 4) is 0 Å². The Labute approximate surface area is 197 Å². The van der Waals surface area contributed by atoms with Crippen molar-refractivity contribution in [3.63, 3.8) is 0 Å². The molecule has 3 N–H and O–H groups in total. The standard InChI is InChI=1S/C16H24N2O5S3.C2HF3O2/c1-3-18(4-2)26(22,23)14-7-5-13(6-8-14)16(21)17-10-12-25-24-11-9-15(19)20;3-2(4,5)1(6)7/h5-8H,3-4,9-12H2,1-2H3,(H,17,21)(H,19,20);(H,6,7). The number of rotatable bonds is 12. The quantitative estimate of drug-likeness (QED) is 0.273. The molecule has 0 unspecified atom stereocenters. The molecule has 0 atom stereocenters. The Bertz CT molecular complexity index is 875. The van der Waals surface area contributed by atoms with Gasteiger partial charge in [-0.05, 0) is 24.3 Å². The normalized spacial score (nSPS) is 11.5. The summed E-state index contributed by atoms with van der Waals surface area (Å²) in [4.78, 5) is 31.5. The van der Waals surface area contributed by atoms with E-state index in [0.717, 1.165) is 0 Å². The maximum atomic E-state index is 12.4. The summed E-state index contributed by atoms with van der Waals surface area (Å²) in [5.74, 6) is -2.67. The van der Waals surface area contributed by atoms with Crippen molar-refractivity contribution in [2.24, 2.45) is 0 Å². The average Bonchev–Trinajstić information content (AvgIpc) is 2.73. The van der Waals surface area contributed by atoms with Crippen molar-refractivity contribution in [2.45, 2.75) is 31.3 Å². The molecule has 0 bridgehead atoms. The summed E-state index contributed by atoms with van der Waals surface area (Å²) in [7, 11) is -0.572. The molecule has 0 fully saturated rings. The lowest BCUT2D eigenvalue weighted by Crippen LogP contribution is -2.30. The second-order valence-corrected chi connectivity index (χ2v) is 10.6. The molecule has 1 aromatic rings. The zero-order valence-electron chi connectivity index (χ0n) is 17.8. The zero-order chi connectivity index (χ0) is 25.7. The SMILES string of the molecule is CCN(CC)S(=O)(=O)c1ccc(C(=O)NCCSSCCC(=O)O)cc1.O=C(O)C(F)(F)F. The zero-order valence-corrected chi connectivity index (χ0v) is 20.2. The van der Waals surface area contributed by atoms with Crippen LogP contribution < -0.4 is 5.32 Å². The molecule has 0 heterocycles. The molecule has 0 aromatic heterocycles. The van der Waals surface area contributed by atoms with E-state index in [1.54, 1.807) is 13.8 Å². The van der Waals surface area contributed by atoms with E-state index in [9.17, 15) is 31.2 Å². The Morgan fingerprint density at radius 2 is 1.48 bits per heavy atom. The number of carbonyl (C=O) groups is 3. The number of amides is 1. The summed E-state index contributed by atoms with van der Waals surface area (Å²) in [6.45, 7) is 4.79. The summed E-state index contributed by atoms with van der Waals surface area (Å²) in [5, 5.41) is 18.4. The van der Waals surface area contributed by atoms with Gasteiger partial charge in [-0.25, -0.2) is 13.2 Å². The molecule has 0 aliphatic heterocycles. The number of hydrogen-bond donors (Lipinski definition) is 3. The van der Waals surface area contributed by atoms with Gasteiger partial charge in [0, 0.05) is 36.7 Å². The van der Waals surface area contributed by atoms with Gasteiger partial charge in [-0.15, -0.1) is 0 Å². The number of benzene rings is 1. The summed E-state index contributed by atoms with van der Waals surface area (Å²) in [5.41, 5.74) is 0.395. The molecule has 9 nitrogen and oxygen atoms in total. The van der Waals surface area contributed by atoms with E-state index >= 15 is 0 Å². The highest BCUT2D eigenvalue weighted by atomic mass is 33.1. The first-order chi connectivity index (χ1) is 15.3. The summed E-state index contributed by atoms with van der Waals surface area (Å²) in [6, 6.07) is 5.89. The molecular weight excluding hydrogens is 509 g/mol. The molecule has 0 radical (unpaired) electrons. The van der Waals surface area contributed by atoms with Crippen LogP contribution in [0.4, 0.5) is 13.2 Å². The third-order valence-corrected chi connectivity index (χ3v) is 8.13. The number of carboxylic acid groups (broad SMARTS) is 2. The molecule has 0 aliphatic carbocycles. The first kappa shape index (κ1) is 31.0. The van der Waals surface area contributed by atoms with Gasteiger partial charge in [0.05, 0.1) is 11.3 Å². The molecule has 1 amide bonds. The fourth-order valence-electron chi connectivity index (χ4n) is 2.05. The number of nitrogens with zero attached hydrogens (tertiary/aromatic N) is 1. The summed E-state index contributed by atoms with van der Waals surface area (Å²) >= 11 is 0. The highest BCUT2D eigenvalue weighted by molar-refractivity contribution is 8.76. The first-order valence-electron chi connectivity index (χ1n) is 9.42. The summed E-state index contributed by atoms with van der Waals surface area (Å²) in [6.07, 6.45) is -4.97. The lowest BCUT2D eigenvalue weighted by Gasteiger charge is -2.18. The Hall–Kier alpha value is -1.97. The highest BCUT2D eigenvalue weighted by Gasteiger charge is 2.38. The van der Waals surface area contributed by atoms with Crippen molar-refractivity contribution >= 4 is 49.5 Å². The fourth-order valence-corrected chi connectivity index (χ4v) is 5.39. The maximum absolute atomic E-state index is 12.4. The second kappa shape index (κ2) is 15.0. The van der Waals surface area contributed by atoms with Gasteiger partial charge in [0.25, 0.3) is 5.91 Å². The lowest BCUT2D eigenvalue weighted by molar-refractivity contribution is -0.192. The van der Waals surface area contributed by atoms with Crippen molar-refractivity contribution in [1.29, 1.82) is 0 Å². The topological polar surface area (TPSA) is 141 Å². The average molecular weight is 535 g/mol. The van der Waals surface area contributed by atoms with Gasteiger partial charge >= 0.3 is 18.1 Å². The van der Waals surface area contributed by atoms with Gasteiger partial charge in [0.2, 0.25) is 10.0 Å². The van der Waals surface area contributed by atoms with Crippen molar-refractivity contribution in [3.05, 3.63) is 29.8 Å². The van der Waals surface area contributed by atoms with Gasteiger partial charge in [0.1, 0.15) is 0 Å². The van der Waals surface area contributed by atoms with E-state index in [1.807, 2.05) is 0 Å². The van der Waals surface area contributed by atoms with Crippen LogP contribution in [0.2, 0.25) is 0 Å². The largest absolute Gasteiger partial charge is 0.490 e. The van der Waals surface area contributed by atoms with Gasteiger partial charge < -0.3 is 15.5 Å². The van der Waals surface area contributed by atoms with E-state index in [2.05, 4.69) is 5.32 Å².